The highest BCUT2D eigenvalue weighted by molar-refractivity contribution is 7.89. The summed E-state index contributed by atoms with van der Waals surface area (Å²) < 4.78 is 27.1. The fraction of sp³-hybridized carbons (Fsp3) is 0.632. The molecule has 0 spiro atoms. The topological polar surface area (TPSA) is 60.9 Å². The maximum Gasteiger partial charge on any atom is 0.244 e. The Labute approximate surface area is 166 Å². The Balaban J connectivity index is 1.34. The Morgan fingerprint density at radius 3 is 2.33 bits per heavy atom. The van der Waals surface area contributed by atoms with Crippen molar-refractivity contribution in [2.75, 3.05) is 39.3 Å². The molecule has 2 aliphatic carbocycles. The molecule has 3 aliphatic rings. The van der Waals surface area contributed by atoms with E-state index in [9.17, 15) is 13.2 Å². The third-order valence-electron chi connectivity index (χ3n) is 5.64. The van der Waals surface area contributed by atoms with Crippen LogP contribution in [0.1, 0.15) is 25.7 Å². The highest BCUT2D eigenvalue weighted by Gasteiger charge is 2.36. The van der Waals surface area contributed by atoms with Gasteiger partial charge in [-0.3, -0.25) is 9.69 Å². The maximum atomic E-state index is 12.8. The Hall–Kier alpha value is -1.15. The zero-order valence-electron chi connectivity index (χ0n) is 15.4. The van der Waals surface area contributed by atoms with Crippen LogP contribution in [-0.4, -0.2) is 73.7 Å². The molecule has 8 heteroatoms. The van der Waals surface area contributed by atoms with Crippen LogP contribution in [0.5, 0.6) is 0 Å². The second kappa shape index (κ2) is 7.70. The summed E-state index contributed by atoms with van der Waals surface area (Å²) in [4.78, 5) is 17.0. The molecule has 0 radical (unpaired) electrons. The van der Waals surface area contributed by atoms with Gasteiger partial charge in [0.2, 0.25) is 15.9 Å². The van der Waals surface area contributed by atoms with E-state index in [0.29, 0.717) is 38.8 Å². The number of nitrogens with zero attached hydrogens (tertiary/aromatic N) is 3. The van der Waals surface area contributed by atoms with E-state index >= 15 is 0 Å². The zero-order valence-corrected chi connectivity index (χ0v) is 17.0. The molecule has 0 bridgehead atoms. The second-order valence-corrected chi connectivity index (χ2v) is 10.1. The molecule has 1 amide bonds. The van der Waals surface area contributed by atoms with Crippen molar-refractivity contribution in [1.82, 2.24) is 14.1 Å². The van der Waals surface area contributed by atoms with E-state index in [1.807, 2.05) is 0 Å². The normalized spacial score (nSPS) is 21.6. The molecule has 1 saturated heterocycles. The summed E-state index contributed by atoms with van der Waals surface area (Å²) in [5, 5.41) is 0.233. The summed E-state index contributed by atoms with van der Waals surface area (Å²) >= 11 is 6.07. The van der Waals surface area contributed by atoms with E-state index in [4.69, 9.17) is 11.6 Å². The van der Waals surface area contributed by atoms with Crippen LogP contribution in [0, 0.1) is 5.92 Å². The Morgan fingerprint density at radius 2 is 1.74 bits per heavy atom. The molecule has 1 aliphatic heterocycles. The highest BCUT2D eigenvalue weighted by Crippen LogP contribution is 2.34. The van der Waals surface area contributed by atoms with Gasteiger partial charge in [-0.05, 0) is 43.7 Å². The van der Waals surface area contributed by atoms with E-state index in [1.54, 1.807) is 23.1 Å². The second-order valence-electron chi connectivity index (χ2n) is 7.82. The summed E-state index contributed by atoms with van der Waals surface area (Å²) in [7, 11) is -3.62. The molecule has 0 unspecified atom stereocenters. The number of hydrogen-bond donors (Lipinski definition) is 0. The SMILES string of the molecule is O=C(CN(CC1CC1)C1CC1)N1CCN(S(=O)(=O)c2ccccc2Cl)CC1. The van der Waals surface area contributed by atoms with Crippen LogP contribution in [0.15, 0.2) is 29.2 Å². The van der Waals surface area contributed by atoms with E-state index in [-0.39, 0.29) is 15.8 Å². The van der Waals surface area contributed by atoms with Crippen LogP contribution >= 0.6 is 11.6 Å². The lowest BCUT2D eigenvalue weighted by Crippen LogP contribution is -2.52. The van der Waals surface area contributed by atoms with E-state index in [1.165, 1.54) is 36.1 Å². The van der Waals surface area contributed by atoms with Gasteiger partial charge in [0.15, 0.2) is 0 Å². The Morgan fingerprint density at radius 1 is 1.07 bits per heavy atom. The third kappa shape index (κ3) is 4.47. The van der Waals surface area contributed by atoms with Crippen LogP contribution in [-0.2, 0) is 14.8 Å². The quantitative estimate of drug-likeness (QED) is 0.689. The molecule has 2 saturated carbocycles. The lowest BCUT2D eigenvalue weighted by molar-refractivity contribution is -0.133. The molecule has 148 valence electrons. The van der Waals surface area contributed by atoms with Gasteiger partial charge < -0.3 is 4.90 Å². The molecular weight excluding hydrogens is 386 g/mol. The van der Waals surface area contributed by atoms with Gasteiger partial charge >= 0.3 is 0 Å². The zero-order chi connectivity index (χ0) is 19.0. The lowest BCUT2D eigenvalue weighted by Gasteiger charge is -2.35. The van der Waals surface area contributed by atoms with Crippen LogP contribution in [0.3, 0.4) is 0 Å². The number of rotatable bonds is 7. The fourth-order valence-electron chi connectivity index (χ4n) is 3.66. The van der Waals surface area contributed by atoms with E-state index in [0.717, 1.165) is 12.5 Å². The molecule has 0 atom stereocenters. The van der Waals surface area contributed by atoms with Gasteiger partial charge in [0, 0.05) is 38.8 Å². The van der Waals surface area contributed by atoms with Gasteiger partial charge in [-0.15, -0.1) is 0 Å². The first kappa shape index (κ1) is 19.2. The number of sulfonamides is 1. The number of halogens is 1. The van der Waals surface area contributed by atoms with Crippen molar-refractivity contribution in [2.45, 2.75) is 36.6 Å². The minimum Gasteiger partial charge on any atom is -0.339 e. The number of amides is 1. The highest BCUT2D eigenvalue weighted by atomic mass is 35.5. The molecule has 3 fully saturated rings. The van der Waals surface area contributed by atoms with Crippen LogP contribution in [0.4, 0.5) is 0 Å². The van der Waals surface area contributed by atoms with E-state index in [2.05, 4.69) is 4.90 Å². The molecule has 0 N–H and O–H groups in total. The number of carbonyl (C=O) groups is 1. The Bertz CT molecular complexity index is 800. The molecule has 6 nitrogen and oxygen atoms in total. The molecule has 0 aromatic heterocycles. The maximum absolute atomic E-state index is 12.8. The molecule has 1 aromatic carbocycles. The van der Waals surface area contributed by atoms with Gasteiger partial charge in [-0.2, -0.15) is 4.31 Å². The predicted molar refractivity (Wildman–Crippen MR) is 104 cm³/mol. The Kier molecular flexibility index (Phi) is 5.47. The standard InChI is InChI=1S/C19H26ClN3O3S/c20-17-3-1-2-4-18(17)27(25,26)23-11-9-21(10-12-23)19(24)14-22(16-7-8-16)13-15-5-6-15/h1-4,15-16H,5-14H2. The van der Waals surface area contributed by atoms with Crippen molar-refractivity contribution in [2.24, 2.45) is 5.92 Å². The first-order valence-corrected chi connectivity index (χ1v) is 11.5. The van der Waals surface area contributed by atoms with Gasteiger partial charge in [-0.1, -0.05) is 23.7 Å². The van der Waals surface area contributed by atoms with Gasteiger partial charge in [0.25, 0.3) is 0 Å². The molecule has 4 rings (SSSR count). The lowest BCUT2D eigenvalue weighted by atomic mass is 10.3. The average Bonchev–Trinajstić information content (AvgIpc) is 3.55. The molecule has 1 heterocycles. The first-order valence-electron chi connectivity index (χ1n) is 9.71. The predicted octanol–water partition coefficient (Wildman–Crippen LogP) is 2.05. The summed E-state index contributed by atoms with van der Waals surface area (Å²) in [6.07, 6.45) is 4.97. The molecule has 27 heavy (non-hydrogen) atoms. The smallest absolute Gasteiger partial charge is 0.244 e. The number of piperazine rings is 1. The minimum absolute atomic E-state index is 0.123. The summed E-state index contributed by atoms with van der Waals surface area (Å²) in [6, 6.07) is 7.08. The average molecular weight is 412 g/mol. The van der Waals surface area contributed by atoms with Crippen LogP contribution < -0.4 is 0 Å². The monoisotopic (exact) mass is 411 g/mol. The number of benzene rings is 1. The van der Waals surface area contributed by atoms with Crippen LogP contribution in [0.25, 0.3) is 0 Å². The van der Waals surface area contributed by atoms with Gasteiger partial charge in [0.05, 0.1) is 11.6 Å². The van der Waals surface area contributed by atoms with Crippen molar-refractivity contribution in [3.63, 3.8) is 0 Å². The minimum atomic E-state index is -3.62. The molecule has 1 aromatic rings. The largest absolute Gasteiger partial charge is 0.339 e. The van der Waals surface area contributed by atoms with Crippen molar-refractivity contribution in [3.8, 4) is 0 Å². The summed E-state index contributed by atoms with van der Waals surface area (Å²) in [6.45, 7) is 3.00. The van der Waals surface area contributed by atoms with Crippen molar-refractivity contribution >= 4 is 27.5 Å². The summed E-state index contributed by atoms with van der Waals surface area (Å²) in [5.74, 6) is 0.897. The number of hydrogen-bond acceptors (Lipinski definition) is 4. The van der Waals surface area contributed by atoms with Gasteiger partial charge in [0.1, 0.15) is 4.90 Å². The fourth-order valence-corrected chi connectivity index (χ4v) is 5.57. The van der Waals surface area contributed by atoms with Crippen molar-refractivity contribution in [3.05, 3.63) is 29.3 Å². The summed E-state index contributed by atoms with van der Waals surface area (Å²) in [5.41, 5.74) is 0. The van der Waals surface area contributed by atoms with Crippen LogP contribution in [0.2, 0.25) is 5.02 Å². The van der Waals surface area contributed by atoms with E-state index < -0.39 is 10.0 Å². The van der Waals surface area contributed by atoms with Crippen molar-refractivity contribution < 1.29 is 13.2 Å². The third-order valence-corrected chi connectivity index (χ3v) is 8.04. The van der Waals surface area contributed by atoms with Gasteiger partial charge in [-0.25, -0.2) is 8.42 Å². The molecular formula is C19H26ClN3O3S. The number of carbonyl (C=O) groups excluding carboxylic acids is 1. The first-order chi connectivity index (χ1) is 12.9. The van der Waals surface area contributed by atoms with Crippen molar-refractivity contribution in [1.29, 1.82) is 0 Å².